The summed E-state index contributed by atoms with van der Waals surface area (Å²) in [6, 6.07) is 9.39. The van der Waals surface area contributed by atoms with Crippen LogP contribution in [0.3, 0.4) is 0 Å². The van der Waals surface area contributed by atoms with Crippen molar-refractivity contribution in [1.29, 1.82) is 0 Å². The fourth-order valence-corrected chi connectivity index (χ4v) is 2.55. The Morgan fingerprint density at radius 1 is 1.18 bits per heavy atom. The van der Waals surface area contributed by atoms with Gasteiger partial charge in [-0.1, -0.05) is 0 Å². The van der Waals surface area contributed by atoms with E-state index in [1.54, 1.807) is 29.2 Å². The molecule has 0 saturated carbocycles. The van der Waals surface area contributed by atoms with Crippen LogP contribution >= 0.6 is 0 Å². The number of hydrogen-bond acceptors (Lipinski definition) is 3. The number of benzene rings is 1. The maximum Gasteiger partial charge on any atom is 0.289 e. The quantitative estimate of drug-likeness (QED) is 0.854. The molecule has 1 amide bonds. The predicted octanol–water partition coefficient (Wildman–Crippen LogP) is 3.34. The van der Waals surface area contributed by atoms with Crippen LogP contribution in [0.2, 0.25) is 0 Å². The summed E-state index contributed by atoms with van der Waals surface area (Å²) in [4.78, 5) is 14.3. The molecule has 116 valence electrons. The summed E-state index contributed by atoms with van der Waals surface area (Å²) in [5, 5.41) is 0. The third kappa shape index (κ3) is 2.90. The van der Waals surface area contributed by atoms with Crippen molar-refractivity contribution >= 4 is 5.91 Å². The van der Waals surface area contributed by atoms with E-state index in [-0.39, 0.29) is 23.9 Å². The van der Waals surface area contributed by atoms with Gasteiger partial charge in [-0.25, -0.2) is 4.39 Å². The summed E-state index contributed by atoms with van der Waals surface area (Å²) >= 11 is 0. The Morgan fingerprint density at radius 2 is 1.91 bits per heavy atom. The van der Waals surface area contributed by atoms with Crippen molar-refractivity contribution < 1.29 is 18.3 Å². The third-order valence-electron chi connectivity index (χ3n) is 3.81. The molecule has 0 radical (unpaired) electrons. The Morgan fingerprint density at radius 3 is 2.64 bits per heavy atom. The maximum absolute atomic E-state index is 13.0. The molecule has 0 bridgehead atoms. The molecule has 1 aromatic carbocycles. The second-order valence-electron chi connectivity index (χ2n) is 5.62. The van der Waals surface area contributed by atoms with Gasteiger partial charge in [0.05, 0.1) is 18.8 Å². The van der Waals surface area contributed by atoms with Crippen LogP contribution in [-0.2, 0) is 4.74 Å². The first-order valence-electron chi connectivity index (χ1n) is 7.33. The van der Waals surface area contributed by atoms with Crippen molar-refractivity contribution in [2.75, 3.05) is 13.2 Å². The minimum Gasteiger partial charge on any atom is -0.451 e. The topological polar surface area (TPSA) is 42.7 Å². The van der Waals surface area contributed by atoms with E-state index in [0.29, 0.717) is 24.7 Å². The third-order valence-corrected chi connectivity index (χ3v) is 3.81. The molecule has 1 saturated heterocycles. The van der Waals surface area contributed by atoms with Crippen LogP contribution in [0, 0.1) is 5.82 Å². The number of nitrogens with zero attached hydrogens (tertiary/aromatic N) is 1. The Kier molecular flexibility index (Phi) is 3.98. The summed E-state index contributed by atoms with van der Waals surface area (Å²) in [7, 11) is 0. The van der Waals surface area contributed by atoms with E-state index in [9.17, 15) is 9.18 Å². The fourth-order valence-electron chi connectivity index (χ4n) is 2.55. The average Bonchev–Trinajstić information content (AvgIpc) is 2.99. The lowest BCUT2D eigenvalue weighted by Gasteiger charge is -2.36. The molecule has 3 rings (SSSR count). The number of hydrogen-bond donors (Lipinski definition) is 0. The van der Waals surface area contributed by atoms with E-state index < -0.39 is 0 Å². The van der Waals surface area contributed by atoms with Gasteiger partial charge in [-0.15, -0.1) is 0 Å². The number of halogens is 1. The summed E-state index contributed by atoms with van der Waals surface area (Å²) in [5.74, 6) is 0.399. The first-order chi connectivity index (χ1) is 10.5. The van der Waals surface area contributed by atoms with Crippen LogP contribution in [0.25, 0.3) is 11.3 Å². The first kappa shape index (κ1) is 14.8. The van der Waals surface area contributed by atoms with Gasteiger partial charge < -0.3 is 14.1 Å². The molecule has 0 aliphatic carbocycles. The van der Waals surface area contributed by atoms with Crippen molar-refractivity contribution in [1.82, 2.24) is 4.90 Å². The molecule has 2 aromatic rings. The lowest BCUT2D eigenvalue weighted by atomic mass is 10.2. The summed E-state index contributed by atoms with van der Waals surface area (Å²) in [6.45, 7) is 4.97. The number of carbonyl (C=O) groups excluding carboxylic acids is 1. The SMILES string of the molecule is CC1CN(C(=O)c2ccc(-c3ccc(F)cc3)o2)C(C)CO1. The molecule has 22 heavy (non-hydrogen) atoms. The van der Waals surface area contributed by atoms with Crippen molar-refractivity contribution in [3.05, 3.63) is 48.0 Å². The van der Waals surface area contributed by atoms with Gasteiger partial charge in [-0.3, -0.25) is 4.79 Å². The summed E-state index contributed by atoms with van der Waals surface area (Å²) in [5.41, 5.74) is 0.740. The average molecular weight is 303 g/mol. The highest BCUT2D eigenvalue weighted by Gasteiger charge is 2.29. The van der Waals surface area contributed by atoms with Crippen LogP contribution in [0.4, 0.5) is 4.39 Å². The Hall–Kier alpha value is -2.14. The number of furan rings is 1. The molecule has 0 spiro atoms. The van der Waals surface area contributed by atoms with Gasteiger partial charge in [0.25, 0.3) is 5.91 Å². The smallest absolute Gasteiger partial charge is 0.289 e. The molecular weight excluding hydrogens is 285 g/mol. The number of carbonyl (C=O) groups is 1. The van der Waals surface area contributed by atoms with Crippen molar-refractivity contribution in [3.63, 3.8) is 0 Å². The van der Waals surface area contributed by atoms with Crippen molar-refractivity contribution in [3.8, 4) is 11.3 Å². The van der Waals surface area contributed by atoms with Gasteiger partial charge in [0, 0.05) is 12.1 Å². The fraction of sp³-hybridized carbons (Fsp3) is 0.353. The van der Waals surface area contributed by atoms with Gasteiger partial charge in [0.2, 0.25) is 0 Å². The van der Waals surface area contributed by atoms with Crippen LogP contribution < -0.4 is 0 Å². The van der Waals surface area contributed by atoms with Crippen molar-refractivity contribution in [2.24, 2.45) is 0 Å². The van der Waals surface area contributed by atoms with Crippen molar-refractivity contribution in [2.45, 2.75) is 26.0 Å². The van der Waals surface area contributed by atoms with E-state index in [2.05, 4.69) is 0 Å². The van der Waals surface area contributed by atoms with Gasteiger partial charge in [0.1, 0.15) is 11.6 Å². The van der Waals surface area contributed by atoms with Gasteiger partial charge >= 0.3 is 0 Å². The molecule has 2 unspecified atom stereocenters. The zero-order chi connectivity index (χ0) is 15.7. The number of rotatable bonds is 2. The van der Waals surface area contributed by atoms with Gasteiger partial charge in [-0.05, 0) is 50.2 Å². The predicted molar refractivity (Wildman–Crippen MR) is 80.0 cm³/mol. The zero-order valence-electron chi connectivity index (χ0n) is 12.6. The van der Waals surface area contributed by atoms with Crippen LogP contribution in [-0.4, -0.2) is 36.1 Å². The lowest BCUT2D eigenvalue weighted by Crippen LogP contribution is -2.50. The minimum absolute atomic E-state index is 0.0167. The first-order valence-corrected chi connectivity index (χ1v) is 7.33. The van der Waals surface area contributed by atoms with E-state index in [4.69, 9.17) is 9.15 Å². The van der Waals surface area contributed by atoms with Gasteiger partial charge in [0.15, 0.2) is 5.76 Å². The lowest BCUT2D eigenvalue weighted by molar-refractivity contribution is -0.0396. The summed E-state index contributed by atoms with van der Waals surface area (Å²) in [6.07, 6.45) is 0.0201. The molecule has 2 heterocycles. The Balaban J connectivity index is 1.81. The standard InChI is InChI=1S/C17H18FNO3/c1-11-10-21-12(2)9-19(11)17(20)16-8-7-15(22-16)13-3-5-14(18)6-4-13/h3-8,11-12H,9-10H2,1-2H3. The molecule has 5 heteroatoms. The second-order valence-corrected chi connectivity index (χ2v) is 5.62. The number of ether oxygens (including phenoxy) is 1. The second kappa shape index (κ2) is 5.93. The highest BCUT2D eigenvalue weighted by molar-refractivity contribution is 5.92. The maximum atomic E-state index is 13.0. The highest BCUT2D eigenvalue weighted by atomic mass is 19.1. The zero-order valence-corrected chi connectivity index (χ0v) is 12.6. The molecule has 2 atom stereocenters. The minimum atomic E-state index is -0.303. The van der Waals surface area contributed by atoms with Gasteiger partial charge in [-0.2, -0.15) is 0 Å². The van der Waals surface area contributed by atoms with E-state index in [1.165, 1.54) is 12.1 Å². The molecule has 0 N–H and O–H groups in total. The van der Waals surface area contributed by atoms with E-state index >= 15 is 0 Å². The Labute approximate surface area is 128 Å². The largest absolute Gasteiger partial charge is 0.451 e. The number of morpholine rings is 1. The monoisotopic (exact) mass is 303 g/mol. The molecule has 4 nitrogen and oxygen atoms in total. The normalized spacial score (nSPS) is 21.9. The highest BCUT2D eigenvalue weighted by Crippen LogP contribution is 2.24. The van der Waals surface area contributed by atoms with Crippen LogP contribution in [0.5, 0.6) is 0 Å². The molecule has 1 aliphatic heterocycles. The summed E-state index contributed by atoms with van der Waals surface area (Å²) < 4.78 is 24.1. The Bertz CT molecular complexity index is 665. The molecule has 1 aliphatic rings. The van der Waals surface area contributed by atoms with E-state index in [1.807, 2.05) is 13.8 Å². The number of amides is 1. The molecular formula is C17H18FNO3. The molecule has 1 aromatic heterocycles. The molecule has 1 fully saturated rings. The van der Waals surface area contributed by atoms with Crippen LogP contribution in [0.1, 0.15) is 24.4 Å². The van der Waals surface area contributed by atoms with Crippen LogP contribution in [0.15, 0.2) is 40.8 Å². The van der Waals surface area contributed by atoms with E-state index in [0.717, 1.165) is 5.56 Å².